The van der Waals surface area contributed by atoms with Crippen molar-refractivity contribution in [2.24, 2.45) is 0 Å². The molecule has 3 rings (SSSR count). The number of hydrogen-bond donors (Lipinski definition) is 1. The van der Waals surface area contributed by atoms with Crippen molar-refractivity contribution in [3.63, 3.8) is 0 Å². The molecule has 1 aromatic rings. The molecule has 0 aromatic heterocycles. The van der Waals surface area contributed by atoms with E-state index < -0.39 is 0 Å². The summed E-state index contributed by atoms with van der Waals surface area (Å²) in [4.78, 5) is 18.5. The molecule has 2 heterocycles. The molecule has 1 N–H and O–H groups in total. The lowest BCUT2D eigenvalue weighted by Crippen LogP contribution is -2.49. The molecule has 1 amide bonds. The van der Waals surface area contributed by atoms with Crippen LogP contribution in [0.15, 0.2) is 33.6 Å². The molecule has 0 spiro atoms. The highest BCUT2D eigenvalue weighted by Gasteiger charge is 2.32. The third-order valence-electron chi connectivity index (χ3n) is 4.62. The van der Waals surface area contributed by atoms with Gasteiger partial charge in [0.15, 0.2) is 0 Å². The van der Waals surface area contributed by atoms with Gasteiger partial charge in [-0.15, -0.1) is 11.8 Å². The maximum atomic E-state index is 12.7. The van der Waals surface area contributed by atoms with Crippen molar-refractivity contribution in [1.82, 2.24) is 15.1 Å². The highest BCUT2D eigenvalue weighted by atomic mass is 79.9. The lowest BCUT2D eigenvalue weighted by atomic mass is 10.2. The number of nitrogens with one attached hydrogen (secondary N) is 1. The first-order valence-corrected chi connectivity index (χ1v) is 9.96. The van der Waals surface area contributed by atoms with Crippen LogP contribution in [0, 0.1) is 0 Å². The van der Waals surface area contributed by atoms with Gasteiger partial charge in [-0.25, -0.2) is 0 Å². The summed E-state index contributed by atoms with van der Waals surface area (Å²) in [7, 11) is 0. The largest absolute Gasteiger partial charge is 0.340 e. The molecule has 0 bridgehead atoms. The molecule has 0 aliphatic carbocycles. The fourth-order valence-electron chi connectivity index (χ4n) is 3.31. The van der Waals surface area contributed by atoms with Crippen LogP contribution in [0.4, 0.5) is 0 Å². The molecule has 126 valence electrons. The Labute approximate surface area is 151 Å². The zero-order chi connectivity index (χ0) is 16.2. The van der Waals surface area contributed by atoms with Gasteiger partial charge >= 0.3 is 0 Å². The summed E-state index contributed by atoms with van der Waals surface area (Å²) in [6.45, 7) is 8.17. The summed E-state index contributed by atoms with van der Waals surface area (Å²) >= 11 is 5.09. The van der Waals surface area contributed by atoms with E-state index in [2.05, 4.69) is 43.2 Å². The summed E-state index contributed by atoms with van der Waals surface area (Å²) in [6.07, 6.45) is 1.11. The maximum absolute atomic E-state index is 12.7. The van der Waals surface area contributed by atoms with Gasteiger partial charge in [0.05, 0.1) is 5.25 Å². The van der Waals surface area contributed by atoms with Crippen molar-refractivity contribution in [2.75, 3.05) is 39.3 Å². The zero-order valence-corrected chi connectivity index (χ0v) is 15.9. The lowest BCUT2D eigenvalue weighted by molar-refractivity contribution is -0.129. The number of likely N-dealkylation sites (tertiary alicyclic amines) is 1. The Hall–Kier alpha value is -0.560. The van der Waals surface area contributed by atoms with E-state index in [4.69, 9.17) is 0 Å². The monoisotopic (exact) mass is 397 g/mol. The minimum Gasteiger partial charge on any atom is -0.340 e. The third kappa shape index (κ3) is 4.50. The molecule has 23 heavy (non-hydrogen) atoms. The predicted octanol–water partition coefficient (Wildman–Crippen LogP) is 2.44. The molecular formula is C17H24BrN3OS. The maximum Gasteiger partial charge on any atom is 0.235 e. The van der Waals surface area contributed by atoms with E-state index in [1.54, 1.807) is 11.8 Å². The van der Waals surface area contributed by atoms with Gasteiger partial charge in [0.2, 0.25) is 5.91 Å². The molecule has 2 fully saturated rings. The van der Waals surface area contributed by atoms with Crippen LogP contribution < -0.4 is 5.32 Å². The third-order valence-corrected chi connectivity index (χ3v) is 6.25. The minimum absolute atomic E-state index is 0.0297. The summed E-state index contributed by atoms with van der Waals surface area (Å²) in [5, 5.41) is 3.36. The van der Waals surface area contributed by atoms with Crippen molar-refractivity contribution in [2.45, 2.75) is 29.5 Å². The van der Waals surface area contributed by atoms with Crippen molar-refractivity contribution in [3.8, 4) is 0 Å². The van der Waals surface area contributed by atoms with Crippen LogP contribution >= 0.6 is 27.7 Å². The topological polar surface area (TPSA) is 35.6 Å². The average molecular weight is 398 g/mol. The van der Waals surface area contributed by atoms with E-state index in [-0.39, 0.29) is 11.2 Å². The van der Waals surface area contributed by atoms with E-state index in [0.29, 0.717) is 6.04 Å². The standard InChI is InChI=1S/C17H24BrN3OS/c1-13(23-16-4-2-14(18)3-5-16)17(22)21-9-6-15(12-21)20-10-7-19-8-11-20/h2-5,13,15,19H,6-12H2,1H3. The van der Waals surface area contributed by atoms with Crippen LogP contribution in [-0.2, 0) is 4.79 Å². The number of halogens is 1. The second-order valence-electron chi connectivity index (χ2n) is 6.23. The van der Waals surface area contributed by atoms with Crippen LogP contribution in [0.1, 0.15) is 13.3 Å². The van der Waals surface area contributed by atoms with Gasteiger partial charge in [-0.05, 0) is 37.6 Å². The zero-order valence-electron chi connectivity index (χ0n) is 13.5. The number of hydrogen-bond acceptors (Lipinski definition) is 4. The van der Waals surface area contributed by atoms with E-state index in [0.717, 1.165) is 55.1 Å². The van der Waals surface area contributed by atoms with E-state index >= 15 is 0 Å². The molecule has 2 saturated heterocycles. The molecule has 4 nitrogen and oxygen atoms in total. The Morgan fingerprint density at radius 2 is 1.96 bits per heavy atom. The van der Waals surface area contributed by atoms with Crippen molar-refractivity contribution in [3.05, 3.63) is 28.7 Å². The van der Waals surface area contributed by atoms with Crippen LogP contribution in [0.5, 0.6) is 0 Å². The highest BCUT2D eigenvalue weighted by Crippen LogP contribution is 2.27. The number of amides is 1. The number of carbonyl (C=O) groups excluding carboxylic acids is 1. The molecule has 1 aromatic carbocycles. The van der Waals surface area contributed by atoms with E-state index in [9.17, 15) is 4.79 Å². The SMILES string of the molecule is CC(Sc1ccc(Br)cc1)C(=O)N1CCC(N2CCNCC2)C1. The first-order valence-electron chi connectivity index (χ1n) is 8.29. The first-order chi connectivity index (χ1) is 11.1. The highest BCUT2D eigenvalue weighted by molar-refractivity contribution is 9.10. The number of nitrogens with zero attached hydrogens (tertiary/aromatic N) is 2. The van der Waals surface area contributed by atoms with Crippen LogP contribution in [-0.4, -0.2) is 66.3 Å². The fraction of sp³-hybridized carbons (Fsp3) is 0.588. The van der Waals surface area contributed by atoms with Gasteiger partial charge < -0.3 is 10.2 Å². The Balaban J connectivity index is 1.52. The van der Waals surface area contributed by atoms with E-state index in [1.165, 1.54) is 0 Å². The smallest absolute Gasteiger partial charge is 0.235 e. The molecule has 2 unspecified atom stereocenters. The Morgan fingerprint density at radius 1 is 1.26 bits per heavy atom. The van der Waals surface area contributed by atoms with Crippen LogP contribution in [0.2, 0.25) is 0 Å². The van der Waals surface area contributed by atoms with Gasteiger partial charge in [-0.3, -0.25) is 9.69 Å². The normalized spacial score (nSPS) is 23.9. The quantitative estimate of drug-likeness (QED) is 0.791. The Morgan fingerprint density at radius 3 is 2.65 bits per heavy atom. The van der Waals surface area contributed by atoms with Gasteiger partial charge in [0.25, 0.3) is 0 Å². The molecule has 2 atom stereocenters. The van der Waals surface area contributed by atoms with Crippen molar-refractivity contribution < 1.29 is 4.79 Å². The van der Waals surface area contributed by atoms with Gasteiger partial charge in [-0.1, -0.05) is 15.9 Å². The Bertz CT molecular complexity index is 533. The summed E-state index contributed by atoms with van der Waals surface area (Å²) in [5.41, 5.74) is 0. The van der Waals surface area contributed by atoms with Gasteiger partial charge in [0.1, 0.15) is 0 Å². The minimum atomic E-state index is -0.0297. The summed E-state index contributed by atoms with van der Waals surface area (Å²) < 4.78 is 1.07. The Kier molecular flexibility index (Phi) is 6.01. The second-order valence-corrected chi connectivity index (χ2v) is 8.56. The van der Waals surface area contributed by atoms with Gasteiger partial charge in [0, 0.05) is 54.7 Å². The average Bonchev–Trinajstić information content (AvgIpc) is 3.07. The van der Waals surface area contributed by atoms with Crippen molar-refractivity contribution in [1.29, 1.82) is 0 Å². The number of thioether (sulfide) groups is 1. The fourth-order valence-corrected chi connectivity index (χ4v) is 4.53. The number of benzene rings is 1. The number of piperazine rings is 1. The first kappa shape index (κ1) is 17.3. The summed E-state index contributed by atoms with van der Waals surface area (Å²) in [5.74, 6) is 0.274. The molecular weight excluding hydrogens is 374 g/mol. The molecule has 2 aliphatic heterocycles. The second kappa shape index (κ2) is 8.01. The lowest BCUT2D eigenvalue weighted by Gasteiger charge is -2.32. The van der Waals surface area contributed by atoms with Crippen LogP contribution in [0.3, 0.4) is 0 Å². The molecule has 2 aliphatic rings. The number of carbonyl (C=O) groups is 1. The van der Waals surface area contributed by atoms with Gasteiger partial charge in [-0.2, -0.15) is 0 Å². The predicted molar refractivity (Wildman–Crippen MR) is 98.9 cm³/mol. The summed E-state index contributed by atoms with van der Waals surface area (Å²) in [6, 6.07) is 8.72. The van der Waals surface area contributed by atoms with Crippen molar-refractivity contribution >= 4 is 33.6 Å². The van der Waals surface area contributed by atoms with E-state index in [1.807, 2.05) is 19.1 Å². The van der Waals surface area contributed by atoms with Crippen LogP contribution in [0.25, 0.3) is 0 Å². The molecule has 6 heteroatoms. The molecule has 0 saturated carbocycles. The number of rotatable bonds is 4. The molecule has 0 radical (unpaired) electrons.